The zero-order valence-electron chi connectivity index (χ0n) is 11.2. The van der Waals surface area contributed by atoms with E-state index in [0.717, 1.165) is 0 Å². The Morgan fingerprint density at radius 3 is 2.00 bits per heavy atom. The molecule has 0 aliphatic rings. The minimum absolute atomic E-state index is 0.0113. The van der Waals surface area contributed by atoms with Gasteiger partial charge < -0.3 is 14.3 Å². The van der Waals surface area contributed by atoms with Gasteiger partial charge in [0.05, 0.1) is 14.2 Å². The molecule has 0 atom stereocenters. The first-order valence-corrected chi connectivity index (χ1v) is 5.71. The molecule has 0 radical (unpaired) electrons. The Morgan fingerprint density at radius 2 is 1.67 bits per heavy atom. The van der Waals surface area contributed by atoms with Gasteiger partial charge in [0.1, 0.15) is 5.78 Å². The second-order valence-corrected chi connectivity index (χ2v) is 4.11. The standard InChI is InChI=1S/C13H20O5/c1-5-8-13(11(15)17-3,12(16)18-4)9-6-7-10(2)14/h5H,1,6-9H2,2-4H3. The van der Waals surface area contributed by atoms with Crippen LogP contribution < -0.4 is 0 Å². The summed E-state index contributed by atoms with van der Waals surface area (Å²) in [7, 11) is 2.43. The number of carbonyl (C=O) groups is 3. The fourth-order valence-electron chi connectivity index (χ4n) is 1.83. The lowest BCUT2D eigenvalue weighted by Gasteiger charge is -2.26. The average Bonchev–Trinajstić information content (AvgIpc) is 2.35. The van der Waals surface area contributed by atoms with Crippen LogP contribution in [-0.2, 0) is 23.9 Å². The number of carbonyl (C=O) groups excluding carboxylic acids is 3. The summed E-state index contributed by atoms with van der Waals surface area (Å²) in [6.45, 7) is 5.00. The molecule has 0 aromatic heterocycles. The molecule has 0 rings (SSSR count). The summed E-state index contributed by atoms with van der Waals surface area (Å²) in [5.74, 6) is -1.30. The van der Waals surface area contributed by atoms with E-state index >= 15 is 0 Å². The van der Waals surface area contributed by atoms with Crippen LogP contribution in [-0.4, -0.2) is 31.9 Å². The summed E-state index contributed by atoms with van der Waals surface area (Å²) < 4.78 is 9.35. The summed E-state index contributed by atoms with van der Waals surface area (Å²) in [4.78, 5) is 34.6. The number of ether oxygens (including phenoxy) is 2. The quantitative estimate of drug-likeness (QED) is 0.375. The molecule has 5 nitrogen and oxygen atoms in total. The van der Waals surface area contributed by atoms with Crippen molar-refractivity contribution in [2.45, 2.75) is 32.6 Å². The van der Waals surface area contributed by atoms with E-state index in [1.807, 2.05) is 0 Å². The number of esters is 2. The monoisotopic (exact) mass is 256 g/mol. The normalized spacial score (nSPS) is 10.6. The van der Waals surface area contributed by atoms with Gasteiger partial charge in [-0.1, -0.05) is 6.08 Å². The molecular weight excluding hydrogens is 236 g/mol. The molecule has 102 valence electrons. The molecule has 0 unspecified atom stereocenters. The molecule has 0 saturated heterocycles. The fourth-order valence-corrected chi connectivity index (χ4v) is 1.83. The first-order chi connectivity index (χ1) is 8.44. The molecular formula is C13H20O5. The lowest BCUT2D eigenvalue weighted by molar-refractivity contribution is -0.169. The van der Waals surface area contributed by atoms with Crippen LogP contribution in [0, 0.1) is 5.41 Å². The van der Waals surface area contributed by atoms with E-state index in [-0.39, 0.29) is 18.6 Å². The Bertz CT molecular complexity index is 316. The van der Waals surface area contributed by atoms with E-state index in [0.29, 0.717) is 12.8 Å². The van der Waals surface area contributed by atoms with E-state index in [1.165, 1.54) is 27.2 Å². The van der Waals surface area contributed by atoms with E-state index in [4.69, 9.17) is 0 Å². The third kappa shape index (κ3) is 3.98. The van der Waals surface area contributed by atoms with Crippen molar-refractivity contribution >= 4 is 17.7 Å². The molecule has 0 N–H and O–H groups in total. The van der Waals surface area contributed by atoms with Gasteiger partial charge in [0.25, 0.3) is 0 Å². The number of Topliss-reactive ketones (excluding diaryl/α,β-unsaturated/α-hetero) is 1. The Hall–Kier alpha value is -1.65. The molecule has 0 aromatic rings. The van der Waals surface area contributed by atoms with Crippen LogP contribution >= 0.6 is 0 Å². The fraction of sp³-hybridized carbons (Fsp3) is 0.615. The summed E-state index contributed by atoms with van der Waals surface area (Å²) >= 11 is 0. The molecule has 0 saturated carbocycles. The van der Waals surface area contributed by atoms with Crippen LogP contribution in [0.25, 0.3) is 0 Å². The van der Waals surface area contributed by atoms with Crippen LogP contribution in [0.3, 0.4) is 0 Å². The van der Waals surface area contributed by atoms with Gasteiger partial charge in [0.2, 0.25) is 0 Å². The SMILES string of the molecule is C=CCC(CCCC(C)=O)(C(=O)OC)C(=O)OC. The molecule has 0 bridgehead atoms. The van der Waals surface area contributed by atoms with Gasteiger partial charge in [-0.2, -0.15) is 0 Å². The molecule has 0 spiro atoms. The van der Waals surface area contributed by atoms with Gasteiger partial charge in [-0.15, -0.1) is 6.58 Å². The van der Waals surface area contributed by atoms with Gasteiger partial charge in [0.15, 0.2) is 5.41 Å². The van der Waals surface area contributed by atoms with Crippen molar-refractivity contribution in [3.63, 3.8) is 0 Å². The second-order valence-electron chi connectivity index (χ2n) is 4.11. The lowest BCUT2D eigenvalue weighted by atomic mass is 9.79. The van der Waals surface area contributed by atoms with Crippen LogP contribution in [0.5, 0.6) is 0 Å². The second kappa shape index (κ2) is 7.63. The third-order valence-corrected chi connectivity index (χ3v) is 2.78. The summed E-state index contributed by atoms with van der Waals surface area (Å²) in [5, 5.41) is 0. The van der Waals surface area contributed by atoms with Crippen molar-refractivity contribution in [2.75, 3.05) is 14.2 Å². The van der Waals surface area contributed by atoms with Crippen molar-refractivity contribution in [1.29, 1.82) is 0 Å². The highest BCUT2D eigenvalue weighted by atomic mass is 16.5. The van der Waals surface area contributed by atoms with Gasteiger partial charge in [-0.3, -0.25) is 9.59 Å². The van der Waals surface area contributed by atoms with Gasteiger partial charge in [-0.05, 0) is 26.2 Å². The molecule has 0 amide bonds. The van der Waals surface area contributed by atoms with E-state index in [2.05, 4.69) is 16.1 Å². The lowest BCUT2D eigenvalue weighted by Crippen LogP contribution is -2.41. The van der Waals surface area contributed by atoms with Crippen molar-refractivity contribution in [3.05, 3.63) is 12.7 Å². The minimum atomic E-state index is -1.39. The van der Waals surface area contributed by atoms with Gasteiger partial charge in [0, 0.05) is 6.42 Å². The Kier molecular flexibility index (Phi) is 6.93. The molecule has 0 fully saturated rings. The number of allylic oxidation sites excluding steroid dienone is 1. The highest BCUT2D eigenvalue weighted by Gasteiger charge is 2.46. The number of methoxy groups -OCH3 is 2. The first-order valence-electron chi connectivity index (χ1n) is 5.71. The highest BCUT2D eigenvalue weighted by molar-refractivity contribution is 6.00. The molecule has 18 heavy (non-hydrogen) atoms. The van der Waals surface area contributed by atoms with Crippen molar-refractivity contribution in [2.24, 2.45) is 5.41 Å². The number of ketones is 1. The predicted octanol–water partition coefficient (Wildman–Crippen LogP) is 1.65. The minimum Gasteiger partial charge on any atom is -0.468 e. The van der Waals surface area contributed by atoms with E-state index < -0.39 is 17.4 Å². The molecule has 0 aliphatic heterocycles. The molecule has 0 aromatic carbocycles. The Labute approximate surface area is 107 Å². The summed E-state index contributed by atoms with van der Waals surface area (Å²) in [5.41, 5.74) is -1.39. The molecule has 0 aliphatic carbocycles. The Balaban J connectivity index is 5.06. The third-order valence-electron chi connectivity index (χ3n) is 2.78. The number of rotatable bonds is 8. The van der Waals surface area contributed by atoms with E-state index in [1.54, 1.807) is 0 Å². The molecule has 0 heterocycles. The first kappa shape index (κ1) is 16.4. The Morgan fingerprint density at radius 1 is 1.17 bits per heavy atom. The number of hydrogen-bond acceptors (Lipinski definition) is 5. The molecule has 5 heteroatoms. The van der Waals surface area contributed by atoms with Crippen LogP contribution in [0.2, 0.25) is 0 Å². The zero-order valence-corrected chi connectivity index (χ0v) is 11.2. The van der Waals surface area contributed by atoms with Crippen LogP contribution in [0.4, 0.5) is 0 Å². The largest absolute Gasteiger partial charge is 0.468 e. The summed E-state index contributed by atoms with van der Waals surface area (Å²) in [6.07, 6.45) is 2.55. The van der Waals surface area contributed by atoms with Crippen molar-refractivity contribution < 1.29 is 23.9 Å². The van der Waals surface area contributed by atoms with Gasteiger partial charge >= 0.3 is 11.9 Å². The average molecular weight is 256 g/mol. The van der Waals surface area contributed by atoms with E-state index in [9.17, 15) is 14.4 Å². The zero-order chi connectivity index (χ0) is 14.2. The van der Waals surface area contributed by atoms with Crippen LogP contribution in [0.1, 0.15) is 32.6 Å². The topological polar surface area (TPSA) is 69.7 Å². The van der Waals surface area contributed by atoms with Crippen LogP contribution in [0.15, 0.2) is 12.7 Å². The maximum absolute atomic E-state index is 11.8. The summed E-state index contributed by atoms with van der Waals surface area (Å²) in [6, 6.07) is 0. The maximum atomic E-state index is 11.8. The highest BCUT2D eigenvalue weighted by Crippen LogP contribution is 2.32. The van der Waals surface area contributed by atoms with Gasteiger partial charge in [-0.25, -0.2) is 0 Å². The maximum Gasteiger partial charge on any atom is 0.323 e. The smallest absolute Gasteiger partial charge is 0.323 e. The van der Waals surface area contributed by atoms with Crippen molar-refractivity contribution in [3.8, 4) is 0 Å². The number of hydrogen-bond donors (Lipinski definition) is 0. The van der Waals surface area contributed by atoms with Crippen molar-refractivity contribution in [1.82, 2.24) is 0 Å². The predicted molar refractivity (Wildman–Crippen MR) is 65.8 cm³/mol.